The van der Waals surface area contributed by atoms with Crippen LogP contribution < -0.4 is 14.8 Å². The highest BCUT2D eigenvalue weighted by atomic mass is 16.5. The number of hydrogen-bond donors (Lipinski definition) is 1. The number of anilines is 1. The Balaban J connectivity index is 2.19. The first-order chi connectivity index (χ1) is 9.85. The number of aryl methyl sites for hydroxylation is 1. The average Bonchev–Trinajstić information content (AvgIpc) is 2.53. The lowest BCUT2D eigenvalue weighted by molar-refractivity contribution is 0.356. The van der Waals surface area contributed by atoms with Crippen molar-refractivity contribution in [2.24, 2.45) is 0 Å². The molecule has 0 aromatic heterocycles. The number of fused-ring (bicyclic) bond motifs is 1. The van der Waals surface area contributed by atoms with Crippen LogP contribution in [0.1, 0.15) is 12.0 Å². The summed E-state index contributed by atoms with van der Waals surface area (Å²) >= 11 is 0. The Kier molecular flexibility index (Phi) is 3.50. The zero-order valence-electron chi connectivity index (χ0n) is 11.9. The van der Waals surface area contributed by atoms with Crippen LogP contribution in [-0.2, 0) is 6.42 Å². The zero-order valence-corrected chi connectivity index (χ0v) is 11.9. The SMILES string of the molecule is COc1cccc(-c2cccc3c2NCCC3)c1OC. The maximum Gasteiger partial charge on any atom is 0.168 e. The maximum absolute atomic E-state index is 5.56. The summed E-state index contributed by atoms with van der Waals surface area (Å²) in [7, 11) is 3.35. The summed E-state index contributed by atoms with van der Waals surface area (Å²) in [5, 5.41) is 3.52. The van der Waals surface area contributed by atoms with Crippen molar-refractivity contribution in [1.82, 2.24) is 0 Å². The van der Waals surface area contributed by atoms with Crippen molar-refractivity contribution in [1.29, 1.82) is 0 Å². The molecule has 0 amide bonds. The van der Waals surface area contributed by atoms with E-state index >= 15 is 0 Å². The van der Waals surface area contributed by atoms with Gasteiger partial charge in [-0.2, -0.15) is 0 Å². The number of para-hydroxylation sites is 2. The molecule has 2 aromatic rings. The van der Waals surface area contributed by atoms with Crippen molar-refractivity contribution >= 4 is 5.69 Å². The first-order valence-electron chi connectivity index (χ1n) is 6.92. The topological polar surface area (TPSA) is 30.5 Å². The summed E-state index contributed by atoms with van der Waals surface area (Å²) in [6.45, 7) is 1.02. The van der Waals surface area contributed by atoms with E-state index < -0.39 is 0 Å². The van der Waals surface area contributed by atoms with E-state index in [-0.39, 0.29) is 0 Å². The van der Waals surface area contributed by atoms with Gasteiger partial charge in [0.05, 0.1) is 14.2 Å². The molecule has 3 nitrogen and oxygen atoms in total. The van der Waals surface area contributed by atoms with E-state index in [0.29, 0.717) is 0 Å². The van der Waals surface area contributed by atoms with Gasteiger partial charge in [-0.05, 0) is 24.5 Å². The Morgan fingerprint density at radius 2 is 1.75 bits per heavy atom. The molecule has 3 heteroatoms. The first kappa shape index (κ1) is 12.9. The zero-order chi connectivity index (χ0) is 13.9. The lowest BCUT2D eigenvalue weighted by Crippen LogP contribution is -2.12. The normalized spacial score (nSPS) is 13.3. The van der Waals surface area contributed by atoms with Gasteiger partial charge in [0.15, 0.2) is 11.5 Å². The Bertz CT molecular complexity index is 585. The molecule has 0 radical (unpaired) electrons. The van der Waals surface area contributed by atoms with Crippen LogP contribution in [0.15, 0.2) is 36.4 Å². The van der Waals surface area contributed by atoms with Crippen LogP contribution in [0.3, 0.4) is 0 Å². The number of benzene rings is 2. The smallest absolute Gasteiger partial charge is 0.168 e. The Morgan fingerprint density at radius 1 is 0.950 bits per heavy atom. The monoisotopic (exact) mass is 269 g/mol. The highest BCUT2D eigenvalue weighted by Crippen LogP contribution is 2.42. The summed E-state index contributed by atoms with van der Waals surface area (Å²) < 4.78 is 11.0. The number of methoxy groups -OCH3 is 2. The quantitative estimate of drug-likeness (QED) is 0.921. The van der Waals surface area contributed by atoms with Crippen molar-refractivity contribution in [3.05, 3.63) is 42.0 Å². The summed E-state index contributed by atoms with van der Waals surface area (Å²) in [6, 6.07) is 12.4. The van der Waals surface area contributed by atoms with Gasteiger partial charge in [-0.15, -0.1) is 0 Å². The van der Waals surface area contributed by atoms with E-state index in [1.807, 2.05) is 12.1 Å². The van der Waals surface area contributed by atoms with Crippen LogP contribution in [0.2, 0.25) is 0 Å². The fraction of sp³-hybridized carbons (Fsp3) is 0.294. The van der Waals surface area contributed by atoms with Crippen LogP contribution in [-0.4, -0.2) is 20.8 Å². The Morgan fingerprint density at radius 3 is 2.55 bits per heavy atom. The fourth-order valence-corrected chi connectivity index (χ4v) is 2.83. The molecule has 1 heterocycles. The van der Waals surface area contributed by atoms with Crippen LogP contribution in [0, 0.1) is 0 Å². The van der Waals surface area contributed by atoms with Gasteiger partial charge in [-0.1, -0.05) is 30.3 Å². The third kappa shape index (κ3) is 2.09. The number of hydrogen-bond acceptors (Lipinski definition) is 3. The van der Waals surface area contributed by atoms with Crippen LogP contribution in [0.25, 0.3) is 11.1 Å². The van der Waals surface area contributed by atoms with Gasteiger partial charge in [0.25, 0.3) is 0 Å². The van der Waals surface area contributed by atoms with Gasteiger partial charge in [0.1, 0.15) is 0 Å². The van der Waals surface area contributed by atoms with Gasteiger partial charge < -0.3 is 14.8 Å². The lowest BCUT2D eigenvalue weighted by Gasteiger charge is -2.22. The number of nitrogens with one attached hydrogen (secondary N) is 1. The molecule has 0 unspecified atom stereocenters. The summed E-state index contributed by atoms with van der Waals surface area (Å²) in [6.07, 6.45) is 2.31. The Hall–Kier alpha value is -2.16. The molecule has 2 aromatic carbocycles. The van der Waals surface area contributed by atoms with E-state index in [1.165, 1.54) is 23.2 Å². The number of ether oxygens (including phenoxy) is 2. The van der Waals surface area contributed by atoms with E-state index in [4.69, 9.17) is 9.47 Å². The molecule has 0 saturated heterocycles. The van der Waals surface area contributed by atoms with Crippen molar-refractivity contribution in [2.75, 3.05) is 26.1 Å². The molecule has 1 N–H and O–H groups in total. The molecular formula is C17H19NO2. The van der Waals surface area contributed by atoms with E-state index in [9.17, 15) is 0 Å². The predicted octanol–water partition coefficient (Wildman–Crippen LogP) is 3.73. The minimum atomic E-state index is 0.762. The standard InChI is InChI=1S/C17H19NO2/c1-19-15-10-4-9-14(17(15)20-2)13-8-3-6-12-7-5-11-18-16(12)13/h3-4,6,8-10,18H,5,7,11H2,1-2H3. The van der Waals surface area contributed by atoms with Crippen molar-refractivity contribution in [3.8, 4) is 22.6 Å². The molecule has 0 bridgehead atoms. The highest BCUT2D eigenvalue weighted by molar-refractivity contribution is 5.85. The third-order valence-electron chi connectivity index (χ3n) is 3.77. The maximum atomic E-state index is 5.56. The molecule has 0 spiro atoms. The van der Waals surface area contributed by atoms with Gasteiger partial charge in [-0.3, -0.25) is 0 Å². The summed E-state index contributed by atoms with van der Waals surface area (Å²) in [5.74, 6) is 1.55. The number of rotatable bonds is 3. The second-order valence-corrected chi connectivity index (χ2v) is 4.91. The molecule has 1 aliphatic heterocycles. The van der Waals surface area contributed by atoms with Gasteiger partial charge in [0, 0.05) is 23.4 Å². The summed E-state index contributed by atoms with van der Waals surface area (Å²) in [5.41, 5.74) is 4.85. The molecule has 104 valence electrons. The minimum Gasteiger partial charge on any atom is -0.493 e. The van der Waals surface area contributed by atoms with Crippen LogP contribution in [0.4, 0.5) is 5.69 Å². The molecular weight excluding hydrogens is 250 g/mol. The van der Waals surface area contributed by atoms with E-state index in [2.05, 4.69) is 29.6 Å². The van der Waals surface area contributed by atoms with Crippen molar-refractivity contribution in [2.45, 2.75) is 12.8 Å². The predicted molar refractivity (Wildman–Crippen MR) is 81.8 cm³/mol. The van der Waals surface area contributed by atoms with Gasteiger partial charge in [0.2, 0.25) is 0 Å². The molecule has 0 aliphatic carbocycles. The van der Waals surface area contributed by atoms with Crippen molar-refractivity contribution < 1.29 is 9.47 Å². The van der Waals surface area contributed by atoms with Crippen molar-refractivity contribution in [3.63, 3.8) is 0 Å². The largest absolute Gasteiger partial charge is 0.493 e. The average molecular weight is 269 g/mol. The highest BCUT2D eigenvalue weighted by Gasteiger charge is 2.18. The summed E-state index contributed by atoms with van der Waals surface area (Å²) in [4.78, 5) is 0. The first-order valence-corrected chi connectivity index (χ1v) is 6.92. The van der Waals surface area contributed by atoms with Crippen LogP contribution in [0.5, 0.6) is 11.5 Å². The molecule has 0 saturated carbocycles. The molecule has 3 rings (SSSR count). The van der Waals surface area contributed by atoms with Gasteiger partial charge in [-0.25, -0.2) is 0 Å². The fourth-order valence-electron chi connectivity index (χ4n) is 2.83. The second-order valence-electron chi connectivity index (χ2n) is 4.91. The van der Waals surface area contributed by atoms with E-state index in [0.717, 1.165) is 30.0 Å². The molecule has 0 fully saturated rings. The third-order valence-corrected chi connectivity index (χ3v) is 3.77. The van der Waals surface area contributed by atoms with Gasteiger partial charge >= 0.3 is 0 Å². The van der Waals surface area contributed by atoms with E-state index in [1.54, 1.807) is 14.2 Å². The minimum absolute atomic E-state index is 0.762. The molecule has 20 heavy (non-hydrogen) atoms. The Labute approximate surface area is 119 Å². The lowest BCUT2D eigenvalue weighted by atomic mass is 9.94. The second kappa shape index (κ2) is 5.45. The molecule has 1 aliphatic rings. The van der Waals surface area contributed by atoms with Crippen LogP contribution >= 0.6 is 0 Å². The molecule has 0 atom stereocenters.